The van der Waals surface area contributed by atoms with E-state index >= 15 is 0 Å². The van der Waals surface area contributed by atoms with E-state index in [1.54, 1.807) is 11.0 Å². The van der Waals surface area contributed by atoms with Gasteiger partial charge in [0.15, 0.2) is 16.3 Å². The van der Waals surface area contributed by atoms with Crippen LogP contribution in [0.5, 0.6) is 11.5 Å². The average molecular weight is 510 g/mol. The highest BCUT2D eigenvalue weighted by Gasteiger charge is 2.46. The number of aromatic hydroxyl groups is 1. The number of ether oxygens (including phenoxy) is 1. The van der Waals surface area contributed by atoms with Crippen molar-refractivity contribution in [1.29, 1.82) is 0 Å². The van der Waals surface area contributed by atoms with E-state index in [1.807, 2.05) is 66.5 Å². The first-order valence-corrected chi connectivity index (χ1v) is 12.1. The van der Waals surface area contributed by atoms with E-state index < -0.39 is 22.0 Å². The number of carbonyl (C=O) groups excluding carboxylic acids is 1. The molecule has 3 aromatic rings. The Morgan fingerprint density at radius 1 is 1.14 bits per heavy atom. The van der Waals surface area contributed by atoms with Crippen molar-refractivity contribution < 1.29 is 14.6 Å². The van der Waals surface area contributed by atoms with E-state index in [-0.39, 0.29) is 25.0 Å². The molecule has 3 heterocycles. The van der Waals surface area contributed by atoms with Gasteiger partial charge in [-0.25, -0.2) is 0 Å². The van der Waals surface area contributed by atoms with E-state index in [1.165, 1.54) is 16.9 Å². The molecule has 0 saturated heterocycles. The molecular weight excluding hydrogens is 486 g/mol. The Hall–Kier alpha value is -3.36. The molecule has 1 N–H and O–H groups in total. The van der Waals surface area contributed by atoms with Crippen LogP contribution in [0, 0.1) is 0 Å². The molecular formula is C26H24ClN3O4S. The summed E-state index contributed by atoms with van der Waals surface area (Å²) in [6.45, 7) is 2.34. The van der Waals surface area contributed by atoms with Crippen molar-refractivity contribution in [3.63, 3.8) is 0 Å². The van der Waals surface area contributed by atoms with Crippen LogP contribution in [-0.2, 0) is 4.87 Å². The SMILES string of the molecule is CC[C@H]1/C=C/COc2c(Cl)cccc2[C@@](S)(c2ccccc2)N2CN1C(=O)c1c(O)c(=O)ccn12. The molecule has 5 rings (SSSR count). The fourth-order valence-corrected chi connectivity index (χ4v) is 5.41. The van der Waals surface area contributed by atoms with Gasteiger partial charge in [0, 0.05) is 17.8 Å². The van der Waals surface area contributed by atoms with Gasteiger partial charge in [0.2, 0.25) is 5.43 Å². The lowest BCUT2D eigenvalue weighted by atomic mass is 9.95. The third kappa shape index (κ3) is 3.68. The number of pyridine rings is 1. The minimum Gasteiger partial charge on any atom is -0.502 e. The van der Waals surface area contributed by atoms with Crippen LogP contribution < -0.4 is 15.2 Å². The minimum atomic E-state index is -1.21. The van der Waals surface area contributed by atoms with Crippen LogP contribution in [0.1, 0.15) is 35.0 Å². The second-order valence-corrected chi connectivity index (χ2v) is 9.46. The molecule has 0 aliphatic carbocycles. The predicted molar refractivity (Wildman–Crippen MR) is 138 cm³/mol. The minimum absolute atomic E-state index is 0.117. The van der Waals surface area contributed by atoms with Crippen LogP contribution >= 0.6 is 24.2 Å². The van der Waals surface area contributed by atoms with Crippen LogP contribution in [0.3, 0.4) is 0 Å². The van der Waals surface area contributed by atoms with Crippen LogP contribution in [-0.4, -0.2) is 39.9 Å². The smallest absolute Gasteiger partial charge is 0.278 e. The number of hydrogen-bond donors (Lipinski definition) is 2. The molecule has 35 heavy (non-hydrogen) atoms. The van der Waals surface area contributed by atoms with Crippen molar-refractivity contribution in [2.75, 3.05) is 18.3 Å². The topological polar surface area (TPSA) is 75.0 Å². The summed E-state index contributed by atoms with van der Waals surface area (Å²) >= 11 is 11.9. The number of nitrogens with zero attached hydrogens (tertiary/aromatic N) is 3. The van der Waals surface area contributed by atoms with Gasteiger partial charge < -0.3 is 14.7 Å². The summed E-state index contributed by atoms with van der Waals surface area (Å²) in [5.74, 6) is -0.585. The molecule has 1 amide bonds. The highest BCUT2D eigenvalue weighted by Crippen LogP contribution is 2.47. The number of rotatable bonds is 2. The molecule has 9 heteroatoms. The Bertz CT molecular complexity index is 1380. The molecule has 0 unspecified atom stereocenters. The molecule has 2 aliphatic heterocycles. The first-order chi connectivity index (χ1) is 16.9. The number of hydrogen-bond acceptors (Lipinski definition) is 6. The van der Waals surface area contributed by atoms with Gasteiger partial charge in [-0.1, -0.05) is 67.1 Å². The Balaban J connectivity index is 1.89. The first kappa shape index (κ1) is 23.4. The van der Waals surface area contributed by atoms with Crippen molar-refractivity contribution in [3.8, 4) is 11.5 Å². The Labute approximate surface area is 213 Å². The van der Waals surface area contributed by atoms with Crippen molar-refractivity contribution in [2.24, 2.45) is 0 Å². The average Bonchev–Trinajstić information content (AvgIpc) is 2.89. The van der Waals surface area contributed by atoms with Crippen LogP contribution in [0.15, 0.2) is 77.7 Å². The molecule has 1 aromatic heterocycles. The Morgan fingerprint density at radius 2 is 1.91 bits per heavy atom. The molecule has 2 atom stereocenters. The fourth-order valence-electron chi connectivity index (χ4n) is 4.69. The summed E-state index contributed by atoms with van der Waals surface area (Å²) < 4.78 is 7.67. The van der Waals surface area contributed by atoms with E-state index in [9.17, 15) is 14.7 Å². The largest absolute Gasteiger partial charge is 0.502 e. The van der Waals surface area contributed by atoms with Crippen molar-refractivity contribution in [3.05, 3.63) is 105 Å². The lowest BCUT2D eigenvalue weighted by molar-refractivity contribution is 0.0621. The zero-order valence-electron chi connectivity index (χ0n) is 19.0. The monoisotopic (exact) mass is 509 g/mol. The number of thiol groups is 1. The number of benzene rings is 2. The van der Waals surface area contributed by atoms with Crippen molar-refractivity contribution >= 4 is 30.1 Å². The molecule has 2 bridgehead atoms. The number of carbonyl (C=O) groups is 1. The van der Waals surface area contributed by atoms with Crippen molar-refractivity contribution in [2.45, 2.75) is 24.3 Å². The standard InChI is InChI=1S/C26H24ClN3O4S/c1-2-18-10-7-15-34-24-19(11-6-12-20(24)27)26(35,17-8-4-3-5-9-17)30-16-28(18)25(33)22-23(32)21(31)13-14-29(22)30/h3-14,18,32,35H,2,15-16H2,1H3/b10-7+/t18-,26-/m0/s1. The zero-order valence-corrected chi connectivity index (χ0v) is 20.6. The van der Waals surface area contributed by atoms with Crippen LogP contribution in [0.4, 0.5) is 0 Å². The van der Waals surface area contributed by atoms with Crippen LogP contribution in [0.25, 0.3) is 0 Å². The fraction of sp³-hybridized carbons (Fsp3) is 0.231. The lowest BCUT2D eigenvalue weighted by Crippen LogP contribution is -2.62. The number of fused-ring (bicyclic) bond motifs is 5. The van der Waals surface area contributed by atoms with Gasteiger partial charge in [-0.05, 0) is 24.1 Å². The van der Waals surface area contributed by atoms with E-state index in [4.69, 9.17) is 29.0 Å². The maximum absolute atomic E-state index is 13.6. The van der Waals surface area contributed by atoms with E-state index in [2.05, 4.69) is 0 Å². The van der Waals surface area contributed by atoms with Gasteiger partial charge in [0.25, 0.3) is 5.91 Å². The highest BCUT2D eigenvalue weighted by atomic mass is 35.5. The van der Waals surface area contributed by atoms with Gasteiger partial charge in [-0.15, -0.1) is 12.6 Å². The maximum Gasteiger partial charge on any atom is 0.278 e. The molecule has 2 aromatic carbocycles. The molecule has 0 saturated carbocycles. The second kappa shape index (κ2) is 9.02. The zero-order chi connectivity index (χ0) is 24.7. The maximum atomic E-state index is 13.6. The summed E-state index contributed by atoms with van der Waals surface area (Å²) in [5, 5.41) is 13.0. The summed E-state index contributed by atoms with van der Waals surface area (Å²) in [5.41, 5.74) is 0.694. The van der Waals surface area contributed by atoms with Crippen LogP contribution in [0.2, 0.25) is 5.02 Å². The summed E-state index contributed by atoms with van der Waals surface area (Å²) in [4.78, 5) is 26.4. The Morgan fingerprint density at radius 3 is 2.66 bits per heavy atom. The van der Waals surface area contributed by atoms with E-state index in [0.717, 1.165) is 5.56 Å². The molecule has 0 radical (unpaired) electrons. The second-order valence-electron chi connectivity index (χ2n) is 8.41. The quantitative estimate of drug-likeness (QED) is 0.401. The third-order valence-corrected chi connectivity index (χ3v) is 7.48. The molecule has 2 aliphatic rings. The predicted octanol–water partition coefficient (Wildman–Crippen LogP) is 4.12. The number of amides is 1. The third-order valence-electron chi connectivity index (χ3n) is 6.46. The molecule has 0 fully saturated rings. The molecule has 7 nitrogen and oxygen atoms in total. The molecule has 180 valence electrons. The van der Waals surface area contributed by atoms with Gasteiger partial charge in [-0.3, -0.25) is 19.3 Å². The Kier molecular flexibility index (Phi) is 6.02. The van der Waals surface area contributed by atoms with Gasteiger partial charge in [-0.2, -0.15) is 0 Å². The van der Waals surface area contributed by atoms with Gasteiger partial charge in [0.1, 0.15) is 19.0 Å². The normalized spacial score (nSPS) is 22.5. The van der Waals surface area contributed by atoms with Gasteiger partial charge >= 0.3 is 0 Å². The van der Waals surface area contributed by atoms with Gasteiger partial charge in [0.05, 0.1) is 11.1 Å². The summed E-state index contributed by atoms with van der Waals surface area (Å²) in [7, 11) is 0. The van der Waals surface area contributed by atoms with Crippen molar-refractivity contribution in [1.82, 2.24) is 9.58 Å². The first-order valence-electron chi connectivity index (χ1n) is 11.3. The van der Waals surface area contributed by atoms with E-state index in [0.29, 0.717) is 22.8 Å². The summed E-state index contributed by atoms with van der Waals surface area (Å²) in [6, 6.07) is 15.9. The highest BCUT2D eigenvalue weighted by molar-refractivity contribution is 7.81. The lowest BCUT2D eigenvalue weighted by Gasteiger charge is -2.50. The number of aromatic nitrogens is 1. The summed E-state index contributed by atoms with van der Waals surface area (Å²) in [6.07, 6.45) is 5.85. The number of halogens is 1. The number of para-hydroxylation sites is 1. The molecule has 0 spiro atoms.